The largest absolute Gasteiger partial charge is 0.504 e. The summed E-state index contributed by atoms with van der Waals surface area (Å²) < 4.78 is 5.06. The first-order valence-corrected chi connectivity index (χ1v) is 4.89. The summed E-state index contributed by atoms with van der Waals surface area (Å²) in [6.45, 7) is 5.13. The van der Waals surface area contributed by atoms with Crippen molar-refractivity contribution in [3.05, 3.63) is 33.2 Å². The van der Waals surface area contributed by atoms with Crippen molar-refractivity contribution in [1.82, 2.24) is 0 Å². The summed E-state index contributed by atoms with van der Waals surface area (Å²) in [6.07, 6.45) is 0. The second-order valence-electron chi connectivity index (χ2n) is 3.88. The van der Waals surface area contributed by atoms with Gasteiger partial charge < -0.3 is 14.6 Å². The van der Waals surface area contributed by atoms with Crippen molar-refractivity contribution in [3.63, 3.8) is 0 Å². The Morgan fingerprint density at radius 2 is 1.69 bits per heavy atom. The quantitative estimate of drug-likeness (QED) is 0.527. The fraction of sp³-hybridized carbons (Fsp3) is 0.250. The maximum absolute atomic E-state index is 11.5. The molecule has 2 rings (SSSR count). The number of aromatic hydroxyl groups is 2. The van der Waals surface area contributed by atoms with E-state index in [2.05, 4.69) is 0 Å². The van der Waals surface area contributed by atoms with Crippen LogP contribution in [0.4, 0.5) is 0 Å². The summed E-state index contributed by atoms with van der Waals surface area (Å²) >= 11 is 0. The van der Waals surface area contributed by atoms with Crippen molar-refractivity contribution >= 4 is 11.0 Å². The average Bonchev–Trinajstić information content (AvgIpc) is 2.23. The summed E-state index contributed by atoms with van der Waals surface area (Å²) in [5, 5.41) is 19.7. The summed E-state index contributed by atoms with van der Waals surface area (Å²) in [5.41, 5.74) is 1.66. The van der Waals surface area contributed by atoms with Gasteiger partial charge in [0.05, 0.1) is 0 Å². The molecule has 0 aliphatic rings. The van der Waals surface area contributed by atoms with E-state index in [1.165, 1.54) is 6.07 Å². The normalized spacial score (nSPS) is 10.9. The average molecular weight is 220 g/mol. The molecule has 1 heterocycles. The Bertz CT molecular complexity index is 638. The van der Waals surface area contributed by atoms with E-state index in [9.17, 15) is 15.0 Å². The molecular weight excluding hydrogens is 208 g/mol. The first-order chi connectivity index (χ1) is 7.43. The summed E-state index contributed by atoms with van der Waals surface area (Å²) in [5.74, 6) is -0.458. The maximum Gasteiger partial charge on any atom is 0.339 e. The van der Waals surface area contributed by atoms with Gasteiger partial charge in [0.2, 0.25) is 0 Å². The predicted octanol–water partition coefficient (Wildman–Crippen LogP) is 2.13. The Hall–Kier alpha value is -1.97. The number of benzene rings is 1. The monoisotopic (exact) mass is 220 g/mol. The third kappa shape index (κ3) is 1.26. The van der Waals surface area contributed by atoms with Crippen LogP contribution in [0.1, 0.15) is 16.7 Å². The summed E-state index contributed by atoms with van der Waals surface area (Å²) in [6, 6.07) is 1.26. The van der Waals surface area contributed by atoms with Crippen molar-refractivity contribution in [3.8, 4) is 11.5 Å². The van der Waals surface area contributed by atoms with Crippen LogP contribution in [0.25, 0.3) is 11.0 Å². The second kappa shape index (κ2) is 3.27. The van der Waals surface area contributed by atoms with E-state index in [0.29, 0.717) is 22.1 Å². The van der Waals surface area contributed by atoms with E-state index in [1.54, 1.807) is 20.8 Å². The van der Waals surface area contributed by atoms with Gasteiger partial charge in [0, 0.05) is 22.6 Å². The van der Waals surface area contributed by atoms with E-state index in [4.69, 9.17) is 4.42 Å². The topological polar surface area (TPSA) is 70.7 Å². The molecule has 1 aromatic carbocycles. The molecule has 0 aliphatic heterocycles. The second-order valence-corrected chi connectivity index (χ2v) is 3.88. The van der Waals surface area contributed by atoms with E-state index in [1.807, 2.05) is 0 Å². The highest BCUT2D eigenvalue weighted by Gasteiger charge is 2.15. The number of phenolic OH excluding ortho intramolecular Hbond substituents is 2. The van der Waals surface area contributed by atoms with Crippen LogP contribution in [-0.4, -0.2) is 10.2 Å². The zero-order valence-electron chi connectivity index (χ0n) is 9.29. The Morgan fingerprint density at radius 3 is 2.31 bits per heavy atom. The Labute approximate surface area is 91.8 Å². The van der Waals surface area contributed by atoms with Crippen LogP contribution >= 0.6 is 0 Å². The summed E-state index contributed by atoms with van der Waals surface area (Å²) in [4.78, 5) is 11.5. The minimum Gasteiger partial charge on any atom is -0.504 e. The number of fused-ring (bicyclic) bond motifs is 1. The molecule has 1 aromatic heterocycles. The Morgan fingerprint density at radius 1 is 1.06 bits per heavy atom. The minimum absolute atomic E-state index is 0.177. The maximum atomic E-state index is 11.5. The SMILES string of the molecule is Cc1c(C)c2c(C)c(O)c(O)cc2oc1=O. The summed E-state index contributed by atoms with van der Waals surface area (Å²) in [7, 11) is 0. The molecule has 4 heteroatoms. The van der Waals surface area contributed by atoms with Gasteiger partial charge in [-0.1, -0.05) is 0 Å². The van der Waals surface area contributed by atoms with E-state index < -0.39 is 5.63 Å². The number of phenols is 2. The van der Waals surface area contributed by atoms with E-state index >= 15 is 0 Å². The van der Waals surface area contributed by atoms with Crippen LogP contribution in [-0.2, 0) is 0 Å². The van der Waals surface area contributed by atoms with Crippen LogP contribution in [0, 0.1) is 20.8 Å². The molecule has 0 spiro atoms. The van der Waals surface area contributed by atoms with Crippen LogP contribution in [0.5, 0.6) is 11.5 Å². The predicted molar refractivity (Wildman–Crippen MR) is 60.0 cm³/mol. The smallest absolute Gasteiger partial charge is 0.339 e. The number of rotatable bonds is 0. The minimum atomic E-state index is -0.422. The lowest BCUT2D eigenvalue weighted by molar-refractivity contribution is 0.400. The fourth-order valence-corrected chi connectivity index (χ4v) is 1.82. The highest BCUT2D eigenvalue weighted by molar-refractivity contribution is 5.88. The van der Waals surface area contributed by atoms with Gasteiger partial charge in [-0.05, 0) is 26.3 Å². The number of hydrogen-bond acceptors (Lipinski definition) is 4. The van der Waals surface area contributed by atoms with Gasteiger partial charge in [0.1, 0.15) is 5.58 Å². The molecule has 4 nitrogen and oxygen atoms in total. The van der Waals surface area contributed by atoms with Gasteiger partial charge in [-0.15, -0.1) is 0 Å². The van der Waals surface area contributed by atoms with Gasteiger partial charge >= 0.3 is 5.63 Å². The third-order valence-corrected chi connectivity index (χ3v) is 2.93. The fourth-order valence-electron chi connectivity index (χ4n) is 1.82. The molecule has 0 unspecified atom stereocenters. The molecule has 0 bridgehead atoms. The molecule has 2 N–H and O–H groups in total. The number of aryl methyl sites for hydroxylation is 2. The van der Waals surface area contributed by atoms with Crippen LogP contribution < -0.4 is 5.63 Å². The third-order valence-electron chi connectivity index (χ3n) is 2.93. The van der Waals surface area contributed by atoms with Gasteiger partial charge in [-0.2, -0.15) is 0 Å². The molecule has 84 valence electrons. The molecule has 0 saturated carbocycles. The lowest BCUT2D eigenvalue weighted by Gasteiger charge is -2.09. The molecule has 0 amide bonds. The molecule has 0 radical (unpaired) electrons. The van der Waals surface area contributed by atoms with Gasteiger partial charge in [-0.25, -0.2) is 4.79 Å². The molecule has 0 fully saturated rings. The van der Waals surface area contributed by atoms with Gasteiger partial charge in [0.25, 0.3) is 0 Å². The van der Waals surface area contributed by atoms with Crippen molar-refractivity contribution in [2.75, 3.05) is 0 Å². The first kappa shape index (κ1) is 10.5. The standard InChI is InChI=1S/C12H12O4/c1-5-6(2)12(15)16-9-4-8(13)11(14)7(3)10(5)9/h4,13-14H,1-3H3. The Kier molecular flexibility index (Phi) is 2.15. The lowest BCUT2D eigenvalue weighted by Crippen LogP contribution is -2.06. The zero-order chi connectivity index (χ0) is 12.0. The van der Waals surface area contributed by atoms with Crippen LogP contribution in [0.3, 0.4) is 0 Å². The molecule has 0 aliphatic carbocycles. The lowest BCUT2D eigenvalue weighted by atomic mass is 10.0. The van der Waals surface area contributed by atoms with Crippen molar-refractivity contribution in [2.24, 2.45) is 0 Å². The number of hydrogen-bond donors (Lipinski definition) is 2. The molecule has 2 aromatic rings. The Balaban J connectivity index is 3.09. The van der Waals surface area contributed by atoms with Gasteiger partial charge in [0.15, 0.2) is 11.5 Å². The highest BCUT2D eigenvalue weighted by atomic mass is 16.4. The molecule has 16 heavy (non-hydrogen) atoms. The van der Waals surface area contributed by atoms with Crippen LogP contribution in [0.2, 0.25) is 0 Å². The molecule has 0 saturated heterocycles. The molecular formula is C12H12O4. The van der Waals surface area contributed by atoms with Crippen LogP contribution in [0.15, 0.2) is 15.3 Å². The van der Waals surface area contributed by atoms with E-state index in [0.717, 1.165) is 5.56 Å². The van der Waals surface area contributed by atoms with Crippen molar-refractivity contribution in [1.29, 1.82) is 0 Å². The first-order valence-electron chi connectivity index (χ1n) is 4.89. The van der Waals surface area contributed by atoms with Crippen molar-refractivity contribution < 1.29 is 14.6 Å². The van der Waals surface area contributed by atoms with Crippen molar-refractivity contribution in [2.45, 2.75) is 20.8 Å². The highest BCUT2D eigenvalue weighted by Crippen LogP contribution is 2.36. The van der Waals surface area contributed by atoms with Gasteiger partial charge in [-0.3, -0.25) is 0 Å². The molecule has 0 atom stereocenters. The van der Waals surface area contributed by atoms with E-state index in [-0.39, 0.29) is 11.5 Å². The zero-order valence-corrected chi connectivity index (χ0v) is 9.29.